The highest BCUT2D eigenvalue weighted by molar-refractivity contribution is 5.92. The Bertz CT molecular complexity index is 947. The Balaban J connectivity index is 1.45. The van der Waals surface area contributed by atoms with Gasteiger partial charge in [0.25, 0.3) is 5.91 Å². The number of hydrogen-bond donors (Lipinski definition) is 1. The molecule has 3 heterocycles. The van der Waals surface area contributed by atoms with Crippen molar-refractivity contribution in [3.8, 4) is 0 Å². The minimum absolute atomic E-state index is 0.189. The molecular formula is C20H25N7O. The van der Waals surface area contributed by atoms with E-state index in [0.29, 0.717) is 11.5 Å². The topological polar surface area (TPSA) is 80.9 Å². The largest absolute Gasteiger partial charge is 0.341 e. The molecule has 1 aliphatic rings. The second-order valence-electron chi connectivity index (χ2n) is 7.29. The van der Waals surface area contributed by atoms with Crippen LogP contribution in [-0.2, 0) is 26.7 Å². The fraction of sp³-hybridized carbons (Fsp3) is 0.400. The van der Waals surface area contributed by atoms with Crippen LogP contribution in [0.1, 0.15) is 47.0 Å². The van der Waals surface area contributed by atoms with Crippen molar-refractivity contribution in [2.24, 2.45) is 7.05 Å². The summed E-state index contributed by atoms with van der Waals surface area (Å²) in [6.07, 6.45) is 2.63. The van der Waals surface area contributed by atoms with Crippen molar-refractivity contribution >= 4 is 5.91 Å². The van der Waals surface area contributed by atoms with Crippen molar-refractivity contribution in [3.63, 3.8) is 0 Å². The quantitative estimate of drug-likeness (QED) is 0.732. The number of carbonyl (C=O) groups is 1. The summed E-state index contributed by atoms with van der Waals surface area (Å²) in [6, 6.07) is 12.1. The minimum Gasteiger partial charge on any atom is -0.341 e. The molecule has 0 saturated heterocycles. The van der Waals surface area contributed by atoms with E-state index in [1.807, 2.05) is 30.8 Å². The summed E-state index contributed by atoms with van der Waals surface area (Å²) in [5, 5.41) is 15.4. The molecule has 8 nitrogen and oxygen atoms in total. The molecule has 8 heteroatoms. The summed E-state index contributed by atoms with van der Waals surface area (Å²) in [7, 11) is 1.86. The van der Waals surface area contributed by atoms with Gasteiger partial charge in [-0.3, -0.25) is 14.4 Å². The van der Waals surface area contributed by atoms with Gasteiger partial charge in [0.05, 0.1) is 11.7 Å². The number of fused-ring (bicyclic) bond motifs is 1. The van der Waals surface area contributed by atoms with Crippen molar-refractivity contribution in [1.29, 1.82) is 0 Å². The third-order valence-corrected chi connectivity index (χ3v) is 5.06. The number of aromatic nitrogens is 5. The average Bonchev–Trinajstić information content (AvgIpc) is 3.24. The molecule has 0 radical (unpaired) electrons. The van der Waals surface area contributed by atoms with E-state index in [1.165, 1.54) is 5.56 Å². The lowest BCUT2D eigenvalue weighted by atomic mass is 10.2. The van der Waals surface area contributed by atoms with Gasteiger partial charge in [-0.25, -0.2) is 0 Å². The smallest absolute Gasteiger partial charge is 0.272 e. The molecule has 0 unspecified atom stereocenters. The highest BCUT2D eigenvalue weighted by Gasteiger charge is 2.22. The molecule has 4 rings (SSSR count). The van der Waals surface area contributed by atoms with Gasteiger partial charge in [0, 0.05) is 33.2 Å². The van der Waals surface area contributed by atoms with Crippen molar-refractivity contribution in [2.75, 3.05) is 6.54 Å². The molecule has 1 aliphatic heterocycles. The molecule has 146 valence electrons. The van der Waals surface area contributed by atoms with Gasteiger partial charge in [-0.05, 0) is 25.0 Å². The van der Waals surface area contributed by atoms with Crippen LogP contribution in [0.4, 0.5) is 0 Å². The van der Waals surface area contributed by atoms with E-state index in [0.717, 1.165) is 38.3 Å². The van der Waals surface area contributed by atoms with Crippen LogP contribution in [0.5, 0.6) is 0 Å². The molecule has 0 bridgehead atoms. The number of hydrogen-bond acceptors (Lipinski definition) is 5. The Morgan fingerprint density at radius 2 is 2.07 bits per heavy atom. The number of aryl methyl sites for hydroxylation is 2. The molecule has 1 atom stereocenters. The molecule has 28 heavy (non-hydrogen) atoms. The van der Waals surface area contributed by atoms with E-state index in [9.17, 15) is 4.79 Å². The number of benzene rings is 1. The third-order valence-electron chi connectivity index (χ3n) is 5.06. The van der Waals surface area contributed by atoms with E-state index in [-0.39, 0.29) is 11.9 Å². The first-order chi connectivity index (χ1) is 13.6. The van der Waals surface area contributed by atoms with E-state index >= 15 is 0 Å². The Kier molecular flexibility index (Phi) is 5.21. The summed E-state index contributed by atoms with van der Waals surface area (Å²) in [4.78, 5) is 15.1. The van der Waals surface area contributed by atoms with Crippen LogP contribution >= 0.6 is 0 Å². The molecule has 1 amide bonds. The van der Waals surface area contributed by atoms with Gasteiger partial charge in [0.1, 0.15) is 6.33 Å². The SMILES string of the molecule is C[C@@H](NC(=O)c1cc2n(n1)CCCN(Cc1ccccc1)C2)c1nncn1C. The first-order valence-corrected chi connectivity index (χ1v) is 9.58. The van der Waals surface area contributed by atoms with Gasteiger partial charge in [-0.2, -0.15) is 5.10 Å². The van der Waals surface area contributed by atoms with Crippen molar-refractivity contribution in [2.45, 2.75) is 39.0 Å². The van der Waals surface area contributed by atoms with Crippen LogP contribution in [0.3, 0.4) is 0 Å². The summed E-state index contributed by atoms with van der Waals surface area (Å²) in [5.41, 5.74) is 2.82. The summed E-state index contributed by atoms with van der Waals surface area (Å²) < 4.78 is 3.77. The van der Waals surface area contributed by atoms with Crippen molar-refractivity contribution in [3.05, 3.63) is 65.5 Å². The number of amides is 1. The maximum Gasteiger partial charge on any atom is 0.272 e. The van der Waals surface area contributed by atoms with Gasteiger partial charge in [-0.15, -0.1) is 10.2 Å². The highest BCUT2D eigenvalue weighted by atomic mass is 16.2. The zero-order valence-corrected chi connectivity index (χ0v) is 16.2. The summed E-state index contributed by atoms with van der Waals surface area (Å²) in [6.45, 7) is 5.42. The predicted molar refractivity (Wildman–Crippen MR) is 104 cm³/mol. The maximum absolute atomic E-state index is 12.7. The maximum atomic E-state index is 12.7. The molecule has 0 spiro atoms. The molecule has 1 aromatic carbocycles. The first-order valence-electron chi connectivity index (χ1n) is 9.58. The molecule has 0 fully saturated rings. The predicted octanol–water partition coefficient (Wildman–Crippen LogP) is 1.91. The lowest BCUT2D eigenvalue weighted by molar-refractivity contribution is 0.0931. The van der Waals surface area contributed by atoms with Gasteiger partial charge in [-0.1, -0.05) is 30.3 Å². The number of carbonyl (C=O) groups excluding carboxylic acids is 1. The first kappa shape index (κ1) is 18.4. The monoisotopic (exact) mass is 379 g/mol. The van der Waals surface area contributed by atoms with E-state index in [4.69, 9.17) is 0 Å². The van der Waals surface area contributed by atoms with Crippen LogP contribution in [0, 0.1) is 0 Å². The van der Waals surface area contributed by atoms with Crippen molar-refractivity contribution < 1.29 is 4.79 Å². The van der Waals surface area contributed by atoms with Crippen LogP contribution in [-0.4, -0.2) is 41.9 Å². The molecule has 3 aromatic rings. The Morgan fingerprint density at radius 3 is 2.82 bits per heavy atom. The van der Waals surface area contributed by atoms with Crippen LogP contribution < -0.4 is 5.32 Å². The standard InChI is InChI=1S/C20H25N7O/c1-15(19-23-21-14-25(19)2)22-20(28)18-11-17-13-26(9-6-10-27(17)24-18)12-16-7-4-3-5-8-16/h3-5,7-8,11,14-15H,6,9-10,12-13H2,1-2H3,(H,22,28)/t15-/m1/s1. The normalized spacial score (nSPS) is 15.6. The van der Waals surface area contributed by atoms with Crippen molar-refractivity contribution in [1.82, 2.24) is 34.8 Å². The van der Waals surface area contributed by atoms with Gasteiger partial charge < -0.3 is 9.88 Å². The minimum atomic E-state index is -0.240. The lowest BCUT2D eigenvalue weighted by Crippen LogP contribution is -2.29. The summed E-state index contributed by atoms with van der Waals surface area (Å²) in [5.74, 6) is 0.522. The second kappa shape index (κ2) is 7.93. The van der Waals surface area contributed by atoms with Gasteiger partial charge in [0.15, 0.2) is 11.5 Å². The zero-order valence-electron chi connectivity index (χ0n) is 16.2. The molecule has 2 aromatic heterocycles. The summed E-state index contributed by atoms with van der Waals surface area (Å²) >= 11 is 0. The molecule has 0 saturated carbocycles. The van der Waals surface area contributed by atoms with E-state index in [1.54, 1.807) is 10.9 Å². The van der Waals surface area contributed by atoms with Crippen LogP contribution in [0.15, 0.2) is 42.7 Å². The lowest BCUT2D eigenvalue weighted by Gasteiger charge is -2.19. The second-order valence-corrected chi connectivity index (χ2v) is 7.29. The molecule has 0 aliphatic carbocycles. The number of nitrogens with zero attached hydrogens (tertiary/aromatic N) is 6. The highest BCUT2D eigenvalue weighted by Crippen LogP contribution is 2.17. The zero-order chi connectivity index (χ0) is 19.5. The molecular weight excluding hydrogens is 354 g/mol. The number of nitrogens with one attached hydrogen (secondary N) is 1. The van der Waals surface area contributed by atoms with Crippen LogP contribution in [0.2, 0.25) is 0 Å². The van der Waals surface area contributed by atoms with E-state index < -0.39 is 0 Å². The van der Waals surface area contributed by atoms with E-state index in [2.05, 4.69) is 49.8 Å². The Labute approximate surface area is 164 Å². The molecule has 1 N–H and O–H groups in total. The van der Waals surface area contributed by atoms with Gasteiger partial charge >= 0.3 is 0 Å². The number of rotatable bonds is 5. The fourth-order valence-corrected chi connectivity index (χ4v) is 3.64. The Morgan fingerprint density at radius 1 is 1.25 bits per heavy atom. The third kappa shape index (κ3) is 3.96. The van der Waals surface area contributed by atoms with Crippen LogP contribution in [0.25, 0.3) is 0 Å². The fourth-order valence-electron chi connectivity index (χ4n) is 3.64. The Hall–Kier alpha value is -3.00. The average molecular weight is 379 g/mol. The van der Waals surface area contributed by atoms with Gasteiger partial charge in [0.2, 0.25) is 0 Å².